The largest absolute Gasteiger partial charge is 0.497 e. The number of methoxy groups -OCH3 is 1. The van der Waals surface area contributed by atoms with Crippen LogP contribution >= 0.6 is 0 Å². The van der Waals surface area contributed by atoms with E-state index in [2.05, 4.69) is 10.6 Å². The van der Waals surface area contributed by atoms with Gasteiger partial charge in [0.2, 0.25) is 5.91 Å². The summed E-state index contributed by atoms with van der Waals surface area (Å²) in [5, 5.41) is 5.94. The Bertz CT molecular complexity index is 1290. The Morgan fingerprint density at radius 1 is 0.941 bits per heavy atom. The van der Waals surface area contributed by atoms with Crippen LogP contribution < -0.4 is 15.4 Å². The number of nitrogens with zero attached hydrogens (tertiary/aromatic N) is 2. The van der Waals surface area contributed by atoms with Crippen LogP contribution in [0.5, 0.6) is 5.75 Å². The van der Waals surface area contributed by atoms with Crippen molar-refractivity contribution in [1.29, 1.82) is 0 Å². The average molecular weight is 457 g/mol. The molecule has 0 fully saturated rings. The van der Waals surface area contributed by atoms with Gasteiger partial charge in [0, 0.05) is 25.1 Å². The minimum absolute atomic E-state index is 0.107. The third-order valence-corrected chi connectivity index (χ3v) is 5.71. The van der Waals surface area contributed by atoms with Gasteiger partial charge in [0.15, 0.2) is 0 Å². The fraction of sp³-hybridized carbons (Fsp3) is 0.222. The number of ether oxygens (including phenoxy) is 1. The smallest absolute Gasteiger partial charge is 0.251 e. The van der Waals surface area contributed by atoms with Crippen molar-refractivity contribution in [3.05, 3.63) is 95.3 Å². The minimum Gasteiger partial charge on any atom is -0.497 e. The number of hydrogen-bond donors (Lipinski definition) is 2. The first kappa shape index (κ1) is 23.0. The number of hydrogen-bond acceptors (Lipinski definition) is 4. The van der Waals surface area contributed by atoms with Crippen molar-refractivity contribution in [1.82, 2.24) is 20.2 Å². The summed E-state index contributed by atoms with van der Waals surface area (Å²) in [6, 6.07) is 22.8. The quantitative estimate of drug-likeness (QED) is 0.403. The van der Waals surface area contributed by atoms with Gasteiger partial charge in [-0.25, -0.2) is 4.98 Å². The van der Waals surface area contributed by atoms with Crippen LogP contribution in [0.1, 0.15) is 27.3 Å². The lowest BCUT2D eigenvalue weighted by Crippen LogP contribution is -2.29. The van der Waals surface area contributed by atoms with Crippen LogP contribution in [0.4, 0.5) is 0 Å². The summed E-state index contributed by atoms with van der Waals surface area (Å²) in [4.78, 5) is 30.0. The third-order valence-electron chi connectivity index (χ3n) is 5.71. The van der Waals surface area contributed by atoms with Crippen molar-refractivity contribution in [3.63, 3.8) is 0 Å². The summed E-state index contributed by atoms with van der Waals surface area (Å²) < 4.78 is 7.09. The first-order valence-corrected chi connectivity index (χ1v) is 11.2. The monoisotopic (exact) mass is 456 g/mol. The fourth-order valence-corrected chi connectivity index (χ4v) is 3.85. The highest BCUT2D eigenvalue weighted by atomic mass is 16.5. The zero-order valence-electron chi connectivity index (χ0n) is 19.4. The van der Waals surface area contributed by atoms with Gasteiger partial charge >= 0.3 is 0 Å². The zero-order chi connectivity index (χ0) is 23.9. The van der Waals surface area contributed by atoms with Gasteiger partial charge in [0.05, 0.1) is 18.1 Å². The molecular weight excluding hydrogens is 428 g/mol. The van der Waals surface area contributed by atoms with E-state index in [9.17, 15) is 9.59 Å². The van der Waals surface area contributed by atoms with Gasteiger partial charge < -0.3 is 19.9 Å². The van der Waals surface area contributed by atoms with Crippen LogP contribution in [0.2, 0.25) is 0 Å². The number of carbonyl (C=O) groups excluding carboxylic acids is 2. The lowest BCUT2D eigenvalue weighted by Gasteiger charge is -2.11. The summed E-state index contributed by atoms with van der Waals surface area (Å²) in [6.07, 6.45) is 0.512. The van der Waals surface area contributed by atoms with E-state index in [-0.39, 0.29) is 18.4 Å². The molecular formula is C27H28N4O3. The number of carbonyl (C=O) groups is 2. The summed E-state index contributed by atoms with van der Waals surface area (Å²) in [5.74, 6) is 1.31. The minimum atomic E-state index is -0.113. The van der Waals surface area contributed by atoms with E-state index in [1.54, 1.807) is 7.11 Å². The number of aromatic nitrogens is 2. The molecule has 4 aromatic rings. The molecule has 2 amide bonds. The van der Waals surface area contributed by atoms with Crippen molar-refractivity contribution in [2.75, 3.05) is 13.7 Å². The number of aryl methyl sites for hydroxylation is 1. The summed E-state index contributed by atoms with van der Waals surface area (Å²) in [5.41, 5.74) is 4.30. The molecule has 3 aromatic carbocycles. The standard InChI is InChI=1S/C27H28N4O3/c1-19-7-3-4-8-22(19)27(33)28-16-15-25-30-23-9-5-6-10-24(23)31(25)18-26(32)29-17-20-11-13-21(34-2)14-12-20/h3-14H,15-18H2,1-2H3,(H,28,33)(H,29,32). The molecule has 0 aliphatic heterocycles. The molecule has 0 atom stereocenters. The van der Waals surface area contributed by atoms with Gasteiger partial charge in [-0.05, 0) is 48.4 Å². The van der Waals surface area contributed by atoms with Crippen LogP contribution in [0.15, 0.2) is 72.8 Å². The lowest BCUT2D eigenvalue weighted by atomic mass is 10.1. The zero-order valence-corrected chi connectivity index (χ0v) is 19.4. The Balaban J connectivity index is 1.41. The Kier molecular flexibility index (Phi) is 7.22. The fourth-order valence-electron chi connectivity index (χ4n) is 3.85. The van der Waals surface area contributed by atoms with Crippen molar-refractivity contribution in [3.8, 4) is 5.75 Å². The molecule has 4 rings (SSSR count). The van der Waals surface area contributed by atoms with Crippen LogP contribution in [-0.2, 0) is 24.3 Å². The van der Waals surface area contributed by atoms with Crippen molar-refractivity contribution in [2.45, 2.75) is 26.4 Å². The Morgan fingerprint density at radius 2 is 1.68 bits per heavy atom. The van der Waals surface area contributed by atoms with Crippen molar-refractivity contribution >= 4 is 22.8 Å². The van der Waals surface area contributed by atoms with E-state index >= 15 is 0 Å². The SMILES string of the molecule is COc1ccc(CNC(=O)Cn2c(CCNC(=O)c3ccccc3C)nc3ccccc32)cc1. The third kappa shape index (κ3) is 5.43. The highest BCUT2D eigenvalue weighted by molar-refractivity contribution is 5.95. The highest BCUT2D eigenvalue weighted by Gasteiger charge is 2.14. The maximum absolute atomic E-state index is 12.8. The van der Waals surface area contributed by atoms with Gasteiger partial charge in [0.25, 0.3) is 5.91 Å². The number of nitrogens with one attached hydrogen (secondary N) is 2. The molecule has 2 N–H and O–H groups in total. The molecule has 1 aromatic heterocycles. The topological polar surface area (TPSA) is 85.2 Å². The first-order valence-electron chi connectivity index (χ1n) is 11.2. The van der Waals surface area contributed by atoms with E-state index in [1.807, 2.05) is 84.3 Å². The number of amides is 2. The number of imidazole rings is 1. The summed E-state index contributed by atoms with van der Waals surface area (Å²) >= 11 is 0. The first-order chi connectivity index (χ1) is 16.5. The van der Waals surface area contributed by atoms with Gasteiger partial charge in [-0.2, -0.15) is 0 Å². The van der Waals surface area contributed by atoms with E-state index in [4.69, 9.17) is 9.72 Å². The predicted molar refractivity (Wildman–Crippen MR) is 132 cm³/mol. The molecule has 0 spiro atoms. The normalized spacial score (nSPS) is 10.8. The molecule has 34 heavy (non-hydrogen) atoms. The molecule has 7 heteroatoms. The van der Waals surface area contributed by atoms with E-state index < -0.39 is 0 Å². The number of benzene rings is 3. The molecule has 0 unspecified atom stereocenters. The van der Waals surface area contributed by atoms with Crippen LogP contribution in [0.3, 0.4) is 0 Å². The molecule has 0 saturated heterocycles. The Labute approximate surface area is 198 Å². The maximum Gasteiger partial charge on any atom is 0.251 e. The van der Waals surface area contributed by atoms with E-state index in [0.717, 1.165) is 33.7 Å². The average Bonchev–Trinajstić information content (AvgIpc) is 3.20. The van der Waals surface area contributed by atoms with Crippen molar-refractivity contribution < 1.29 is 14.3 Å². The maximum atomic E-state index is 12.8. The van der Waals surface area contributed by atoms with Gasteiger partial charge in [-0.1, -0.05) is 42.5 Å². The number of fused-ring (bicyclic) bond motifs is 1. The molecule has 0 saturated carbocycles. The summed E-state index contributed by atoms with van der Waals surface area (Å²) in [6.45, 7) is 2.91. The van der Waals surface area contributed by atoms with Crippen LogP contribution in [0, 0.1) is 6.92 Å². The van der Waals surface area contributed by atoms with Gasteiger partial charge in [0.1, 0.15) is 18.1 Å². The Hall–Kier alpha value is -4.13. The molecule has 7 nitrogen and oxygen atoms in total. The van der Waals surface area contributed by atoms with E-state index in [1.165, 1.54) is 0 Å². The van der Waals surface area contributed by atoms with Crippen LogP contribution in [-0.4, -0.2) is 35.0 Å². The van der Waals surface area contributed by atoms with Gasteiger partial charge in [-0.15, -0.1) is 0 Å². The molecule has 0 bridgehead atoms. The van der Waals surface area contributed by atoms with Crippen LogP contribution in [0.25, 0.3) is 11.0 Å². The van der Waals surface area contributed by atoms with E-state index in [0.29, 0.717) is 25.1 Å². The lowest BCUT2D eigenvalue weighted by molar-refractivity contribution is -0.121. The molecule has 174 valence electrons. The molecule has 1 heterocycles. The number of rotatable bonds is 9. The summed E-state index contributed by atoms with van der Waals surface area (Å²) in [7, 11) is 1.62. The molecule has 0 aliphatic carbocycles. The second-order valence-corrected chi connectivity index (χ2v) is 8.05. The Morgan fingerprint density at radius 3 is 2.44 bits per heavy atom. The second kappa shape index (κ2) is 10.7. The second-order valence-electron chi connectivity index (χ2n) is 8.05. The molecule has 0 aliphatic rings. The van der Waals surface area contributed by atoms with Crippen molar-refractivity contribution in [2.24, 2.45) is 0 Å². The highest BCUT2D eigenvalue weighted by Crippen LogP contribution is 2.17. The van der Waals surface area contributed by atoms with Gasteiger partial charge in [-0.3, -0.25) is 9.59 Å². The number of para-hydroxylation sites is 2. The predicted octanol–water partition coefficient (Wildman–Crippen LogP) is 3.64. The molecule has 0 radical (unpaired) electrons.